The van der Waals surface area contributed by atoms with Crippen LogP contribution in [0.1, 0.15) is 45.2 Å². The number of benzene rings is 1. The Labute approximate surface area is 112 Å². The van der Waals surface area contributed by atoms with Crippen molar-refractivity contribution in [3.63, 3.8) is 0 Å². The number of hydrogen-bond donors (Lipinski definition) is 1. The van der Waals surface area contributed by atoms with Crippen LogP contribution in [0.5, 0.6) is 0 Å². The molecule has 0 radical (unpaired) electrons. The van der Waals surface area contributed by atoms with E-state index in [0.29, 0.717) is 6.04 Å². The Balaban J connectivity index is 2.60. The zero-order chi connectivity index (χ0) is 13.5. The first-order chi connectivity index (χ1) is 8.60. The Morgan fingerprint density at radius 1 is 1.11 bits per heavy atom. The van der Waals surface area contributed by atoms with E-state index in [1.807, 2.05) is 6.07 Å². The fraction of sp³-hybridized carbons (Fsp3) is 0.625. The Bertz CT molecular complexity index is 319. The highest BCUT2D eigenvalue weighted by molar-refractivity contribution is 5.19. The SMILES string of the molecule is CCC(CC)CN(C)C(C)[C@@H](N)c1ccccc1. The summed E-state index contributed by atoms with van der Waals surface area (Å²) in [6.45, 7) is 7.89. The van der Waals surface area contributed by atoms with Gasteiger partial charge in [-0.2, -0.15) is 0 Å². The number of hydrogen-bond acceptors (Lipinski definition) is 2. The molecule has 2 N–H and O–H groups in total. The summed E-state index contributed by atoms with van der Waals surface area (Å²) >= 11 is 0. The largest absolute Gasteiger partial charge is 0.323 e. The second kappa shape index (κ2) is 7.55. The van der Waals surface area contributed by atoms with Crippen LogP contribution in [0.4, 0.5) is 0 Å². The molecular weight excluding hydrogens is 220 g/mol. The summed E-state index contributed by atoms with van der Waals surface area (Å²) in [6, 6.07) is 10.8. The third kappa shape index (κ3) is 4.11. The predicted molar refractivity (Wildman–Crippen MR) is 79.5 cm³/mol. The average Bonchev–Trinajstić information content (AvgIpc) is 2.43. The summed E-state index contributed by atoms with van der Waals surface area (Å²) in [4.78, 5) is 2.40. The third-order valence-electron chi connectivity index (χ3n) is 4.10. The summed E-state index contributed by atoms with van der Waals surface area (Å²) < 4.78 is 0. The van der Waals surface area contributed by atoms with Gasteiger partial charge in [0, 0.05) is 18.6 Å². The van der Waals surface area contributed by atoms with E-state index in [2.05, 4.69) is 57.0 Å². The fourth-order valence-corrected chi connectivity index (χ4v) is 2.35. The van der Waals surface area contributed by atoms with Gasteiger partial charge < -0.3 is 10.6 Å². The highest BCUT2D eigenvalue weighted by atomic mass is 15.1. The lowest BCUT2D eigenvalue weighted by atomic mass is 9.98. The van der Waals surface area contributed by atoms with Crippen LogP contribution in [0.15, 0.2) is 30.3 Å². The lowest BCUT2D eigenvalue weighted by Gasteiger charge is -2.32. The molecule has 18 heavy (non-hydrogen) atoms. The molecule has 1 aromatic rings. The molecule has 2 heteroatoms. The van der Waals surface area contributed by atoms with Gasteiger partial charge in [-0.05, 0) is 25.5 Å². The van der Waals surface area contributed by atoms with E-state index in [9.17, 15) is 0 Å². The summed E-state index contributed by atoms with van der Waals surface area (Å²) in [5, 5.41) is 0. The van der Waals surface area contributed by atoms with Crippen LogP contribution >= 0.6 is 0 Å². The van der Waals surface area contributed by atoms with E-state index in [4.69, 9.17) is 5.73 Å². The van der Waals surface area contributed by atoms with Crippen LogP contribution in [-0.2, 0) is 0 Å². The molecule has 0 aromatic heterocycles. The predicted octanol–water partition coefficient (Wildman–Crippen LogP) is 3.44. The molecule has 102 valence electrons. The Hall–Kier alpha value is -0.860. The van der Waals surface area contributed by atoms with Crippen molar-refractivity contribution < 1.29 is 0 Å². The summed E-state index contributed by atoms with van der Waals surface area (Å²) in [5.74, 6) is 0.778. The van der Waals surface area contributed by atoms with Crippen LogP contribution in [0, 0.1) is 5.92 Å². The van der Waals surface area contributed by atoms with Crippen molar-refractivity contribution >= 4 is 0 Å². The molecule has 1 unspecified atom stereocenters. The number of nitrogens with zero attached hydrogens (tertiary/aromatic N) is 1. The molecular formula is C16H28N2. The van der Waals surface area contributed by atoms with E-state index in [1.54, 1.807) is 0 Å². The average molecular weight is 248 g/mol. The molecule has 0 aliphatic carbocycles. The number of nitrogens with two attached hydrogens (primary N) is 1. The maximum atomic E-state index is 6.36. The lowest BCUT2D eigenvalue weighted by molar-refractivity contribution is 0.189. The Kier molecular flexibility index (Phi) is 6.37. The first-order valence-corrected chi connectivity index (χ1v) is 7.10. The maximum absolute atomic E-state index is 6.36. The number of rotatable bonds is 7. The smallest absolute Gasteiger partial charge is 0.0450 e. The molecule has 1 aromatic carbocycles. The highest BCUT2D eigenvalue weighted by Crippen LogP contribution is 2.19. The van der Waals surface area contributed by atoms with Gasteiger partial charge in [0.2, 0.25) is 0 Å². The van der Waals surface area contributed by atoms with E-state index >= 15 is 0 Å². The minimum atomic E-state index is 0.0885. The molecule has 0 aliphatic heterocycles. The standard InChI is InChI=1S/C16H28N2/c1-5-14(6-2)12-18(4)13(3)16(17)15-10-8-7-9-11-15/h7-11,13-14,16H,5-6,12,17H2,1-4H3/t13?,16-/m1/s1. The normalized spacial score (nSPS) is 15.1. The van der Waals surface area contributed by atoms with E-state index in [-0.39, 0.29) is 6.04 Å². The number of likely N-dealkylation sites (N-methyl/N-ethyl adjacent to an activating group) is 1. The van der Waals surface area contributed by atoms with Gasteiger partial charge in [0.15, 0.2) is 0 Å². The maximum Gasteiger partial charge on any atom is 0.0450 e. The molecule has 0 bridgehead atoms. The van der Waals surface area contributed by atoms with E-state index in [1.165, 1.54) is 18.4 Å². The molecule has 0 saturated heterocycles. The van der Waals surface area contributed by atoms with Crippen molar-refractivity contribution in [3.8, 4) is 0 Å². The van der Waals surface area contributed by atoms with E-state index < -0.39 is 0 Å². The topological polar surface area (TPSA) is 29.3 Å². The van der Waals surface area contributed by atoms with Crippen molar-refractivity contribution in [3.05, 3.63) is 35.9 Å². The van der Waals surface area contributed by atoms with Crippen molar-refractivity contribution in [1.82, 2.24) is 4.90 Å². The second-order valence-corrected chi connectivity index (χ2v) is 5.30. The zero-order valence-corrected chi connectivity index (χ0v) is 12.3. The minimum absolute atomic E-state index is 0.0885. The van der Waals surface area contributed by atoms with Crippen molar-refractivity contribution in [2.75, 3.05) is 13.6 Å². The minimum Gasteiger partial charge on any atom is -0.323 e. The van der Waals surface area contributed by atoms with Gasteiger partial charge in [0.05, 0.1) is 0 Å². The van der Waals surface area contributed by atoms with Gasteiger partial charge in [0.25, 0.3) is 0 Å². The molecule has 1 rings (SSSR count). The Morgan fingerprint density at radius 3 is 2.17 bits per heavy atom. The monoisotopic (exact) mass is 248 g/mol. The molecule has 0 heterocycles. The van der Waals surface area contributed by atoms with Crippen LogP contribution in [0.25, 0.3) is 0 Å². The summed E-state index contributed by atoms with van der Waals surface area (Å²) in [7, 11) is 2.19. The van der Waals surface area contributed by atoms with Gasteiger partial charge in [-0.3, -0.25) is 0 Å². The molecule has 2 atom stereocenters. The molecule has 0 aliphatic rings. The van der Waals surface area contributed by atoms with Gasteiger partial charge >= 0.3 is 0 Å². The molecule has 0 amide bonds. The summed E-state index contributed by atoms with van der Waals surface area (Å²) in [6.07, 6.45) is 2.49. The Morgan fingerprint density at radius 2 is 1.67 bits per heavy atom. The van der Waals surface area contributed by atoms with Crippen LogP contribution in [0.3, 0.4) is 0 Å². The van der Waals surface area contributed by atoms with Crippen molar-refractivity contribution in [2.45, 2.75) is 45.7 Å². The van der Waals surface area contributed by atoms with Gasteiger partial charge in [-0.25, -0.2) is 0 Å². The van der Waals surface area contributed by atoms with Crippen LogP contribution in [-0.4, -0.2) is 24.5 Å². The first-order valence-electron chi connectivity index (χ1n) is 7.10. The quantitative estimate of drug-likeness (QED) is 0.801. The van der Waals surface area contributed by atoms with Gasteiger partial charge in [-0.1, -0.05) is 57.0 Å². The first kappa shape index (κ1) is 15.2. The summed E-state index contributed by atoms with van der Waals surface area (Å²) in [5.41, 5.74) is 7.58. The van der Waals surface area contributed by atoms with Gasteiger partial charge in [-0.15, -0.1) is 0 Å². The van der Waals surface area contributed by atoms with Crippen LogP contribution < -0.4 is 5.73 Å². The highest BCUT2D eigenvalue weighted by Gasteiger charge is 2.20. The van der Waals surface area contributed by atoms with Crippen LogP contribution in [0.2, 0.25) is 0 Å². The third-order valence-corrected chi connectivity index (χ3v) is 4.10. The van der Waals surface area contributed by atoms with Crippen molar-refractivity contribution in [2.24, 2.45) is 11.7 Å². The zero-order valence-electron chi connectivity index (χ0n) is 12.3. The lowest BCUT2D eigenvalue weighted by Crippen LogP contribution is -2.40. The van der Waals surface area contributed by atoms with Crippen molar-refractivity contribution in [1.29, 1.82) is 0 Å². The second-order valence-electron chi connectivity index (χ2n) is 5.30. The van der Waals surface area contributed by atoms with Gasteiger partial charge in [0.1, 0.15) is 0 Å². The molecule has 0 spiro atoms. The fourth-order valence-electron chi connectivity index (χ4n) is 2.35. The molecule has 0 fully saturated rings. The molecule has 2 nitrogen and oxygen atoms in total. The molecule has 0 saturated carbocycles. The van der Waals surface area contributed by atoms with E-state index in [0.717, 1.165) is 12.5 Å².